The van der Waals surface area contributed by atoms with Gasteiger partial charge in [-0.25, -0.2) is 4.79 Å². The van der Waals surface area contributed by atoms with E-state index < -0.39 is 0 Å². The van der Waals surface area contributed by atoms with Gasteiger partial charge in [-0.3, -0.25) is 0 Å². The van der Waals surface area contributed by atoms with E-state index in [0.29, 0.717) is 24.5 Å². The van der Waals surface area contributed by atoms with E-state index in [1.54, 1.807) is 24.3 Å². The Morgan fingerprint density at radius 2 is 0.872 bits per heavy atom. The van der Waals surface area contributed by atoms with Gasteiger partial charge in [-0.1, -0.05) is 76.4 Å². The molecule has 0 saturated heterocycles. The van der Waals surface area contributed by atoms with Crippen LogP contribution in [0.15, 0.2) is 73.8 Å². The maximum absolute atomic E-state index is 12.5. The first-order valence-corrected chi connectivity index (χ1v) is 15.1. The second-order valence-corrected chi connectivity index (χ2v) is 10.2. The van der Waals surface area contributed by atoms with Crippen molar-refractivity contribution in [2.75, 3.05) is 13.2 Å². The fourth-order valence-corrected chi connectivity index (χ4v) is 4.39. The van der Waals surface area contributed by atoms with Crippen LogP contribution in [0.2, 0.25) is 0 Å². The monoisotopic (exact) mass is 534 g/mol. The van der Waals surface area contributed by atoms with E-state index in [1.165, 1.54) is 77.0 Å². The Kier molecular flexibility index (Phi) is 18.1. The molecule has 0 aliphatic carbocycles. The number of carbonyl (C=O) groups excluding carboxylic acids is 1. The van der Waals surface area contributed by atoms with Gasteiger partial charge in [-0.15, -0.1) is 13.2 Å². The summed E-state index contributed by atoms with van der Waals surface area (Å²) >= 11 is 0. The number of hydrogen-bond donors (Lipinski definition) is 0. The van der Waals surface area contributed by atoms with E-state index in [4.69, 9.17) is 14.2 Å². The van der Waals surface area contributed by atoms with E-state index in [1.807, 2.05) is 36.4 Å². The van der Waals surface area contributed by atoms with Crippen LogP contribution in [0, 0.1) is 0 Å². The lowest BCUT2D eigenvalue weighted by Gasteiger charge is -2.09. The van der Waals surface area contributed by atoms with Crippen LogP contribution in [0.1, 0.15) is 113 Å². The van der Waals surface area contributed by atoms with Gasteiger partial charge in [-0.2, -0.15) is 0 Å². The molecular weight excluding hydrogens is 484 g/mol. The number of esters is 1. The summed E-state index contributed by atoms with van der Waals surface area (Å²) in [5.41, 5.74) is 0.500. The topological polar surface area (TPSA) is 44.8 Å². The second kappa shape index (κ2) is 21.9. The molecule has 2 rings (SSSR count). The Hall–Kier alpha value is -3.01. The van der Waals surface area contributed by atoms with Crippen LogP contribution in [0.5, 0.6) is 17.2 Å². The molecule has 0 bridgehead atoms. The fraction of sp³-hybridized carbons (Fsp3) is 0.514. The van der Waals surface area contributed by atoms with Crippen LogP contribution in [-0.2, 0) is 0 Å². The summed E-state index contributed by atoms with van der Waals surface area (Å²) < 4.78 is 17.2. The van der Waals surface area contributed by atoms with Crippen molar-refractivity contribution in [3.8, 4) is 17.2 Å². The molecule has 0 unspecified atom stereocenters. The maximum atomic E-state index is 12.5. The fourth-order valence-electron chi connectivity index (χ4n) is 4.39. The number of carbonyl (C=O) groups is 1. The molecule has 4 nitrogen and oxygen atoms in total. The normalized spacial score (nSPS) is 10.7. The molecule has 0 spiro atoms. The highest BCUT2D eigenvalue weighted by Gasteiger charge is 2.09. The summed E-state index contributed by atoms with van der Waals surface area (Å²) in [4.78, 5) is 12.5. The molecule has 0 aromatic heterocycles. The lowest BCUT2D eigenvalue weighted by molar-refractivity contribution is 0.0734. The minimum Gasteiger partial charge on any atom is -0.494 e. The quantitative estimate of drug-likeness (QED) is 0.0581. The van der Waals surface area contributed by atoms with Crippen molar-refractivity contribution >= 4 is 5.97 Å². The second-order valence-electron chi connectivity index (χ2n) is 10.2. The molecule has 0 radical (unpaired) electrons. The van der Waals surface area contributed by atoms with Crippen LogP contribution in [-0.4, -0.2) is 19.2 Å². The van der Waals surface area contributed by atoms with Crippen molar-refractivity contribution < 1.29 is 19.0 Å². The van der Waals surface area contributed by atoms with E-state index in [0.717, 1.165) is 37.2 Å². The Morgan fingerprint density at radius 3 is 1.31 bits per heavy atom. The zero-order chi connectivity index (χ0) is 27.8. The molecule has 0 aliphatic rings. The zero-order valence-electron chi connectivity index (χ0n) is 24.0. The van der Waals surface area contributed by atoms with E-state index in [-0.39, 0.29) is 5.97 Å². The highest BCUT2D eigenvalue weighted by Crippen LogP contribution is 2.20. The minimum absolute atomic E-state index is 0.382. The van der Waals surface area contributed by atoms with Crippen molar-refractivity contribution in [1.82, 2.24) is 0 Å². The third-order valence-corrected chi connectivity index (χ3v) is 6.77. The highest BCUT2D eigenvalue weighted by molar-refractivity contribution is 5.91. The lowest BCUT2D eigenvalue weighted by atomic mass is 10.1. The van der Waals surface area contributed by atoms with E-state index in [9.17, 15) is 4.79 Å². The number of unbranched alkanes of at least 4 members (excludes halogenated alkanes) is 14. The third kappa shape index (κ3) is 15.9. The molecular formula is C35H50O4. The first kappa shape index (κ1) is 32.2. The summed E-state index contributed by atoms with van der Waals surface area (Å²) in [6.07, 6.45) is 23.6. The minimum atomic E-state index is -0.382. The summed E-state index contributed by atoms with van der Waals surface area (Å²) in [5, 5.41) is 0. The van der Waals surface area contributed by atoms with Crippen LogP contribution >= 0.6 is 0 Å². The number of hydrogen-bond acceptors (Lipinski definition) is 4. The standard InChI is InChI=1S/C35H50O4/c1-3-5-7-9-11-13-15-17-19-29-37-32-23-21-31(22-24-32)35(36)39-34-27-25-33(26-28-34)38-30-20-18-16-14-12-10-8-6-4-2/h3-4,21-28H,1-2,5-20,29-30H2. The smallest absolute Gasteiger partial charge is 0.343 e. The Labute approximate surface area is 237 Å². The molecule has 0 aliphatic heterocycles. The van der Waals surface area contributed by atoms with Crippen molar-refractivity contribution in [2.45, 2.75) is 103 Å². The van der Waals surface area contributed by atoms with Crippen LogP contribution in [0.3, 0.4) is 0 Å². The van der Waals surface area contributed by atoms with Crippen molar-refractivity contribution in [2.24, 2.45) is 0 Å². The summed E-state index contributed by atoms with van der Waals surface area (Å²) in [6.45, 7) is 8.94. The lowest BCUT2D eigenvalue weighted by Crippen LogP contribution is -2.08. The number of benzene rings is 2. The Balaban J connectivity index is 1.55. The van der Waals surface area contributed by atoms with Gasteiger partial charge in [0.2, 0.25) is 0 Å². The predicted molar refractivity (Wildman–Crippen MR) is 163 cm³/mol. The molecule has 214 valence electrons. The van der Waals surface area contributed by atoms with Crippen molar-refractivity contribution in [3.05, 3.63) is 79.4 Å². The van der Waals surface area contributed by atoms with Crippen molar-refractivity contribution in [1.29, 1.82) is 0 Å². The van der Waals surface area contributed by atoms with Crippen molar-refractivity contribution in [3.63, 3.8) is 0 Å². The van der Waals surface area contributed by atoms with Crippen LogP contribution < -0.4 is 14.2 Å². The van der Waals surface area contributed by atoms with Gasteiger partial charge in [0.15, 0.2) is 0 Å². The number of ether oxygens (including phenoxy) is 3. The summed E-state index contributed by atoms with van der Waals surface area (Å²) in [6, 6.07) is 14.4. The summed E-state index contributed by atoms with van der Waals surface area (Å²) in [5.74, 6) is 1.70. The van der Waals surface area contributed by atoms with Crippen LogP contribution in [0.25, 0.3) is 0 Å². The molecule has 2 aromatic rings. The number of rotatable bonds is 24. The van der Waals surface area contributed by atoms with Gasteiger partial charge in [0.05, 0.1) is 18.8 Å². The third-order valence-electron chi connectivity index (χ3n) is 6.77. The molecule has 0 N–H and O–H groups in total. The van der Waals surface area contributed by atoms with E-state index in [2.05, 4.69) is 13.2 Å². The SMILES string of the molecule is C=CCCCCCCCCCOc1ccc(OC(=O)c2ccc(OCCCCCCCCCC=C)cc2)cc1. The molecule has 0 heterocycles. The molecule has 0 amide bonds. The largest absolute Gasteiger partial charge is 0.494 e. The molecule has 0 saturated carbocycles. The molecule has 2 aromatic carbocycles. The van der Waals surface area contributed by atoms with Crippen LogP contribution in [0.4, 0.5) is 0 Å². The summed E-state index contributed by atoms with van der Waals surface area (Å²) in [7, 11) is 0. The molecule has 0 fully saturated rings. The zero-order valence-corrected chi connectivity index (χ0v) is 24.0. The first-order valence-electron chi connectivity index (χ1n) is 15.1. The van der Waals surface area contributed by atoms with Gasteiger partial charge in [0, 0.05) is 0 Å². The predicted octanol–water partition coefficient (Wildman–Crippen LogP) is 10.3. The van der Waals surface area contributed by atoms with Gasteiger partial charge in [-0.05, 0) is 87.1 Å². The van der Waals surface area contributed by atoms with Gasteiger partial charge in [0.25, 0.3) is 0 Å². The molecule has 39 heavy (non-hydrogen) atoms. The van der Waals surface area contributed by atoms with Gasteiger partial charge < -0.3 is 14.2 Å². The molecule has 0 atom stereocenters. The molecule has 4 heteroatoms. The van der Waals surface area contributed by atoms with Gasteiger partial charge in [0.1, 0.15) is 17.2 Å². The average molecular weight is 535 g/mol. The highest BCUT2D eigenvalue weighted by atomic mass is 16.5. The number of allylic oxidation sites excluding steroid dienone is 2. The average Bonchev–Trinajstić information content (AvgIpc) is 2.96. The van der Waals surface area contributed by atoms with Gasteiger partial charge >= 0.3 is 5.97 Å². The van der Waals surface area contributed by atoms with E-state index >= 15 is 0 Å². The first-order chi connectivity index (χ1) is 19.2. The Morgan fingerprint density at radius 1 is 0.513 bits per heavy atom. The Bertz CT molecular complexity index is 901. The maximum Gasteiger partial charge on any atom is 0.343 e.